The van der Waals surface area contributed by atoms with Gasteiger partial charge in [0, 0.05) is 17.7 Å². The van der Waals surface area contributed by atoms with Crippen molar-refractivity contribution in [1.29, 1.82) is 0 Å². The van der Waals surface area contributed by atoms with E-state index in [-0.39, 0.29) is 11.8 Å². The minimum atomic E-state index is -0.176. The lowest BCUT2D eigenvalue weighted by atomic mass is 10.1. The largest absolute Gasteiger partial charge is 0.356 e. The first-order valence-corrected chi connectivity index (χ1v) is 10.7. The Hall–Kier alpha value is -2.64. The summed E-state index contributed by atoms with van der Waals surface area (Å²) in [6, 6.07) is 17.2. The van der Waals surface area contributed by atoms with Crippen LogP contribution in [-0.2, 0) is 4.79 Å². The highest BCUT2D eigenvalue weighted by molar-refractivity contribution is 8.01. The van der Waals surface area contributed by atoms with Gasteiger partial charge in [-0.15, -0.1) is 0 Å². The minimum Gasteiger partial charge on any atom is -0.356 e. The quantitative estimate of drug-likeness (QED) is 0.558. The Bertz CT molecular complexity index is 971. The number of anilines is 1. The van der Waals surface area contributed by atoms with Crippen LogP contribution in [0.1, 0.15) is 22.8 Å². The Balaban J connectivity index is 1.85. The summed E-state index contributed by atoms with van der Waals surface area (Å²) in [5, 5.41) is 6.44. The second kappa shape index (κ2) is 9.52. The number of carbonyl (C=O) groups excluding carboxylic acids is 2. The Morgan fingerprint density at radius 3 is 2.61 bits per heavy atom. The molecule has 0 aliphatic heterocycles. The van der Waals surface area contributed by atoms with E-state index in [0.29, 0.717) is 28.6 Å². The summed E-state index contributed by atoms with van der Waals surface area (Å²) in [6.45, 7) is 4.44. The topological polar surface area (TPSA) is 71.1 Å². The van der Waals surface area contributed by atoms with E-state index < -0.39 is 0 Å². The van der Waals surface area contributed by atoms with Gasteiger partial charge in [0.15, 0.2) is 4.34 Å². The maximum atomic E-state index is 12.7. The molecule has 0 saturated heterocycles. The van der Waals surface area contributed by atoms with E-state index in [9.17, 15) is 9.59 Å². The number of hydrogen-bond acceptors (Lipinski definition) is 5. The van der Waals surface area contributed by atoms with Gasteiger partial charge in [-0.3, -0.25) is 9.59 Å². The maximum Gasteiger partial charge on any atom is 0.256 e. The molecule has 0 radical (unpaired) electrons. The van der Waals surface area contributed by atoms with Gasteiger partial charge in [0.1, 0.15) is 10.7 Å². The molecule has 2 aromatic carbocycles. The van der Waals surface area contributed by atoms with Crippen molar-refractivity contribution in [1.82, 2.24) is 10.3 Å². The standard InChI is InChI=1S/C21H21N3O2S2/c1-3-22-17(25)13-27-21-23-18(15-9-5-4-6-10-15)20(28-21)24-19(26)16-11-7-8-14(2)12-16/h4-12H,3,13H2,1-2H3,(H,22,25)(H,24,26). The fraction of sp³-hybridized carbons (Fsp3) is 0.190. The third kappa shape index (κ3) is 5.21. The van der Waals surface area contributed by atoms with Crippen LogP contribution in [0.3, 0.4) is 0 Å². The number of hydrogen-bond donors (Lipinski definition) is 2. The molecule has 1 aromatic heterocycles. The van der Waals surface area contributed by atoms with Crippen molar-refractivity contribution in [3.8, 4) is 11.3 Å². The fourth-order valence-corrected chi connectivity index (χ4v) is 4.47. The molecule has 0 atom stereocenters. The van der Waals surface area contributed by atoms with Gasteiger partial charge in [0.2, 0.25) is 5.91 Å². The molecule has 1 heterocycles. The summed E-state index contributed by atoms with van der Waals surface area (Å²) in [7, 11) is 0. The Kier molecular flexibility index (Phi) is 6.84. The van der Waals surface area contributed by atoms with Crippen LogP contribution >= 0.6 is 23.1 Å². The normalized spacial score (nSPS) is 10.5. The molecule has 5 nitrogen and oxygen atoms in total. The van der Waals surface area contributed by atoms with Gasteiger partial charge in [-0.05, 0) is 26.0 Å². The van der Waals surface area contributed by atoms with Gasteiger partial charge in [-0.2, -0.15) is 0 Å². The fourth-order valence-electron chi connectivity index (χ4n) is 2.58. The molecule has 0 aliphatic carbocycles. The molecule has 0 saturated carbocycles. The Labute approximate surface area is 172 Å². The highest BCUT2D eigenvalue weighted by atomic mass is 32.2. The predicted molar refractivity (Wildman–Crippen MR) is 116 cm³/mol. The van der Waals surface area contributed by atoms with E-state index in [1.165, 1.54) is 23.1 Å². The molecule has 0 aliphatic rings. The highest BCUT2D eigenvalue weighted by Crippen LogP contribution is 2.37. The molecule has 0 unspecified atom stereocenters. The molecule has 144 valence electrons. The first-order valence-electron chi connectivity index (χ1n) is 8.90. The van der Waals surface area contributed by atoms with E-state index in [1.54, 1.807) is 6.07 Å². The van der Waals surface area contributed by atoms with E-state index in [2.05, 4.69) is 15.6 Å². The molecule has 2 N–H and O–H groups in total. The molecule has 0 bridgehead atoms. The predicted octanol–water partition coefficient (Wildman–Crippen LogP) is 4.60. The molecule has 0 fully saturated rings. The Morgan fingerprint density at radius 2 is 1.89 bits per heavy atom. The molecule has 3 rings (SSSR count). The van der Waals surface area contributed by atoms with Crippen LogP contribution in [0.4, 0.5) is 5.00 Å². The molecule has 0 spiro atoms. The Morgan fingerprint density at radius 1 is 1.11 bits per heavy atom. The van der Waals surface area contributed by atoms with Crippen LogP contribution in [0.2, 0.25) is 0 Å². The molecule has 2 amide bonds. The van der Waals surface area contributed by atoms with Gasteiger partial charge < -0.3 is 10.6 Å². The van der Waals surface area contributed by atoms with Crippen LogP contribution in [0.25, 0.3) is 11.3 Å². The van der Waals surface area contributed by atoms with Crippen LogP contribution in [0.5, 0.6) is 0 Å². The number of aryl methyl sites for hydroxylation is 1. The number of rotatable bonds is 7. The first-order chi connectivity index (χ1) is 13.6. The average Bonchev–Trinajstić information content (AvgIpc) is 3.10. The van der Waals surface area contributed by atoms with Gasteiger partial charge >= 0.3 is 0 Å². The van der Waals surface area contributed by atoms with Gasteiger partial charge in [-0.1, -0.05) is 71.1 Å². The molecule has 3 aromatic rings. The van der Waals surface area contributed by atoms with E-state index >= 15 is 0 Å². The zero-order valence-electron chi connectivity index (χ0n) is 15.7. The molecule has 28 heavy (non-hydrogen) atoms. The minimum absolute atomic E-state index is 0.0330. The van der Waals surface area contributed by atoms with E-state index in [0.717, 1.165) is 15.5 Å². The van der Waals surface area contributed by atoms with Crippen molar-refractivity contribution in [3.63, 3.8) is 0 Å². The van der Waals surface area contributed by atoms with Gasteiger partial charge in [0.05, 0.1) is 5.75 Å². The van der Waals surface area contributed by atoms with Crippen LogP contribution in [0.15, 0.2) is 58.9 Å². The number of carbonyl (C=O) groups is 2. The van der Waals surface area contributed by atoms with E-state index in [1.807, 2.05) is 62.4 Å². The SMILES string of the molecule is CCNC(=O)CSc1nc(-c2ccccc2)c(NC(=O)c2cccc(C)c2)s1. The van der Waals surface area contributed by atoms with Crippen molar-refractivity contribution in [2.24, 2.45) is 0 Å². The lowest BCUT2D eigenvalue weighted by Gasteiger charge is -2.06. The molecular formula is C21H21N3O2S2. The van der Waals surface area contributed by atoms with Crippen molar-refractivity contribution < 1.29 is 9.59 Å². The number of amides is 2. The summed E-state index contributed by atoms with van der Waals surface area (Å²) in [6.07, 6.45) is 0. The lowest BCUT2D eigenvalue weighted by Crippen LogP contribution is -2.24. The third-order valence-electron chi connectivity index (χ3n) is 3.86. The van der Waals surface area contributed by atoms with E-state index in [4.69, 9.17) is 0 Å². The van der Waals surface area contributed by atoms with Gasteiger partial charge in [0.25, 0.3) is 5.91 Å². The summed E-state index contributed by atoms with van der Waals surface area (Å²) in [5.41, 5.74) is 3.26. The number of nitrogens with zero attached hydrogens (tertiary/aromatic N) is 1. The van der Waals surface area contributed by atoms with Crippen molar-refractivity contribution in [3.05, 3.63) is 65.7 Å². The smallest absolute Gasteiger partial charge is 0.256 e. The zero-order chi connectivity index (χ0) is 19.9. The van der Waals surface area contributed by atoms with Gasteiger partial charge in [-0.25, -0.2) is 4.98 Å². The van der Waals surface area contributed by atoms with Crippen LogP contribution in [-0.4, -0.2) is 29.1 Å². The molecule has 7 heteroatoms. The third-order valence-corrected chi connectivity index (χ3v) is 5.98. The number of nitrogens with one attached hydrogen (secondary N) is 2. The van der Waals surface area contributed by atoms with Crippen LogP contribution < -0.4 is 10.6 Å². The number of thioether (sulfide) groups is 1. The highest BCUT2D eigenvalue weighted by Gasteiger charge is 2.17. The molecular weight excluding hydrogens is 390 g/mol. The lowest BCUT2D eigenvalue weighted by molar-refractivity contribution is -0.118. The maximum absolute atomic E-state index is 12.7. The van der Waals surface area contributed by atoms with Crippen molar-refractivity contribution in [2.45, 2.75) is 18.2 Å². The number of benzene rings is 2. The van der Waals surface area contributed by atoms with Crippen molar-refractivity contribution >= 4 is 39.9 Å². The summed E-state index contributed by atoms with van der Waals surface area (Å²) in [5.74, 6) is 0.0834. The summed E-state index contributed by atoms with van der Waals surface area (Å²) in [4.78, 5) is 29.1. The first kappa shape index (κ1) is 20.1. The monoisotopic (exact) mass is 411 g/mol. The second-order valence-corrected chi connectivity index (χ2v) is 8.31. The number of aromatic nitrogens is 1. The zero-order valence-corrected chi connectivity index (χ0v) is 17.3. The van der Waals surface area contributed by atoms with Crippen LogP contribution in [0, 0.1) is 6.92 Å². The van der Waals surface area contributed by atoms with Crippen molar-refractivity contribution in [2.75, 3.05) is 17.6 Å². The average molecular weight is 412 g/mol. The summed E-state index contributed by atoms with van der Waals surface area (Å²) < 4.78 is 0.740. The number of thiazole rings is 1. The summed E-state index contributed by atoms with van der Waals surface area (Å²) >= 11 is 2.75. The second-order valence-electron chi connectivity index (χ2n) is 6.09.